The van der Waals surface area contributed by atoms with E-state index in [-0.39, 0.29) is 18.1 Å². The molecule has 2 atom stereocenters. The van der Waals surface area contributed by atoms with Crippen molar-refractivity contribution >= 4 is 12.2 Å². The Morgan fingerprint density at radius 1 is 1.38 bits per heavy atom. The highest BCUT2D eigenvalue weighted by Crippen LogP contribution is 2.12. The van der Waals surface area contributed by atoms with Gasteiger partial charge >= 0.3 is 0 Å². The van der Waals surface area contributed by atoms with Gasteiger partial charge in [0.25, 0.3) is 0 Å². The second-order valence-electron chi connectivity index (χ2n) is 6.21. The van der Waals surface area contributed by atoms with Gasteiger partial charge in [0.15, 0.2) is 0 Å². The molecule has 1 aliphatic heterocycles. The molecule has 6 heteroatoms. The van der Waals surface area contributed by atoms with Crippen LogP contribution in [0.1, 0.15) is 34.1 Å². The molecule has 1 fully saturated rings. The first-order chi connectivity index (χ1) is 9.84. The zero-order valence-corrected chi connectivity index (χ0v) is 13.6. The van der Waals surface area contributed by atoms with Gasteiger partial charge in [0.05, 0.1) is 31.0 Å². The molecule has 21 heavy (non-hydrogen) atoms. The number of morpholine rings is 1. The van der Waals surface area contributed by atoms with Gasteiger partial charge in [-0.2, -0.15) is 0 Å². The monoisotopic (exact) mass is 300 g/mol. The third-order valence-electron chi connectivity index (χ3n) is 3.40. The molecule has 1 rings (SSSR count). The van der Waals surface area contributed by atoms with Crippen LogP contribution >= 0.6 is 0 Å². The summed E-state index contributed by atoms with van der Waals surface area (Å²) in [5.41, 5.74) is -0.442. The van der Waals surface area contributed by atoms with Crippen LogP contribution in [0.3, 0.4) is 0 Å². The second-order valence-corrected chi connectivity index (χ2v) is 6.21. The highest BCUT2D eigenvalue weighted by atomic mass is 16.5. The van der Waals surface area contributed by atoms with Gasteiger partial charge < -0.3 is 24.5 Å². The molecule has 122 valence electrons. The van der Waals surface area contributed by atoms with Gasteiger partial charge in [-0.25, -0.2) is 0 Å². The number of rotatable bonds is 8. The Morgan fingerprint density at radius 3 is 2.57 bits per heavy atom. The number of amides is 1. The lowest BCUT2D eigenvalue weighted by Crippen LogP contribution is -2.50. The van der Waals surface area contributed by atoms with Crippen molar-refractivity contribution in [2.75, 3.05) is 32.8 Å². The van der Waals surface area contributed by atoms with Crippen LogP contribution in [0.5, 0.6) is 0 Å². The summed E-state index contributed by atoms with van der Waals surface area (Å²) in [7, 11) is 0. The number of hydrogen-bond acceptors (Lipinski definition) is 5. The Morgan fingerprint density at radius 2 is 2.00 bits per heavy atom. The molecular formula is C15H28N2O4. The van der Waals surface area contributed by atoms with E-state index >= 15 is 0 Å². The molecule has 0 aliphatic carbocycles. The van der Waals surface area contributed by atoms with Crippen LogP contribution in [-0.4, -0.2) is 67.7 Å². The molecule has 0 saturated carbocycles. The molecule has 0 aromatic carbocycles. The van der Waals surface area contributed by atoms with Gasteiger partial charge in [0.2, 0.25) is 5.91 Å². The van der Waals surface area contributed by atoms with Crippen LogP contribution < -0.4 is 5.32 Å². The molecule has 1 amide bonds. The lowest BCUT2D eigenvalue weighted by molar-refractivity contribution is -0.142. The van der Waals surface area contributed by atoms with Gasteiger partial charge in [-0.15, -0.1) is 0 Å². The average Bonchev–Trinajstić information content (AvgIpc) is 2.36. The predicted molar refractivity (Wildman–Crippen MR) is 80.2 cm³/mol. The zero-order valence-electron chi connectivity index (χ0n) is 13.6. The van der Waals surface area contributed by atoms with Gasteiger partial charge in [0, 0.05) is 26.1 Å². The zero-order chi connectivity index (χ0) is 15.9. The average molecular weight is 300 g/mol. The third kappa shape index (κ3) is 7.02. The van der Waals surface area contributed by atoms with Gasteiger partial charge in [-0.3, -0.25) is 4.79 Å². The Labute approximate surface area is 127 Å². The molecule has 1 heterocycles. The van der Waals surface area contributed by atoms with Crippen molar-refractivity contribution in [2.45, 2.75) is 51.9 Å². The van der Waals surface area contributed by atoms with E-state index in [1.54, 1.807) is 0 Å². The van der Waals surface area contributed by atoms with Crippen molar-refractivity contribution < 1.29 is 19.1 Å². The summed E-state index contributed by atoms with van der Waals surface area (Å²) in [4.78, 5) is 24.4. The fraction of sp³-hybridized carbons (Fsp3) is 0.867. The van der Waals surface area contributed by atoms with Gasteiger partial charge in [-0.05, 0) is 27.7 Å². The maximum Gasteiger partial charge on any atom is 0.236 e. The lowest BCUT2D eigenvalue weighted by Gasteiger charge is -2.35. The first kappa shape index (κ1) is 18.1. The summed E-state index contributed by atoms with van der Waals surface area (Å²) in [6.07, 6.45) is 1.41. The number of nitrogens with one attached hydrogen (secondary N) is 1. The number of carbonyl (C=O) groups excluding carboxylic acids is 2. The third-order valence-corrected chi connectivity index (χ3v) is 3.40. The van der Waals surface area contributed by atoms with E-state index in [1.165, 1.54) is 0 Å². The van der Waals surface area contributed by atoms with Gasteiger partial charge in [0.1, 0.15) is 6.29 Å². The van der Waals surface area contributed by atoms with Crippen molar-refractivity contribution in [2.24, 2.45) is 0 Å². The molecule has 0 spiro atoms. The maximum atomic E-state index is 12.1. The van der Waals surface area contributed by atoms with E-state index in [1.807, 2.05) is 32.6 Å². The van der Waals surface area contributed by atoms with E-state index in [4.69, 9.17) is 9.47 Å². The van der Waals surface area contributed by atoms with E-state index in [0.717, 1.165) is 6.29 Å². The maximum absolute atomic E-state index is 12.1. The van der Waals surface area contributed by atoms with Crippen LogP contribution in [0.15, 0.2) is 0 Å². The van der Waals surface area contributed by atoms with Crippen LogP contribution in [0.25, 0.3) is 0 Å². The van der Waals surface area contributed by atoms with Crippen LogP contribution in [-0.2, 0) is 19.1 Å². The first-order valence-electron chi connectivity index (χ1n) is 7.55. The molecule has 2 unspecified atom stereocenters. The molecule has 1 saturated heterocycles. The number of carbonyl (C=O) groups is 2. The van der Waals surface area contributed by atoms with Crippen molar-refractivity contribution in [1.82, 2.24) is 10.2 Å². The highest BCUT2D eigenvalue weighted by molar-refractivity contribution is 5.78. The normalized spacial score (nSPS) is 23.1. The SMILES string of the molecule is CC1CN(C(=O)CNCCOC(C)(C)CC=O)CC(C)O1. The minimum atomic E-state index is -0.442. The number of aldehydes is 1. The summed E-state index contributed by atoms with van der Waals surface area (Å²) in [5, 5.41) is 3.08. The van der Waals surface area contributed by atoms with E-state index in [2.05, 4.69) is 5.32 Å². The Kier molecular flexibility index (Phi) is 7.28. The van der Waals surface area contributed by atoms with Crippen molar-refractivity contribution in [3.63, 3.8) is 0 Å². The van der Waals surface area contributed by atoms with E-state index in [9.17, 15) is 9.59 Å². The lowest BCUT2D eigenvalue weighted by atomic mass is 10.1. The highest BCUT2D eigenvalue weighted by Gasteiger charge is 2.25. The smallest absolute Gasteiger partial charge is 0.236 e. The van der Waals surface area contributed by atoms with Crippen molar-refractivity contribution in [3.8, 4) is 0 Å². The minimum absolute atomic E-state index is 0.0872. The summed E-state index contributed by atoms with van der Waals surface area (Å²) >= 11 is 0. The van der Waals surface area contributed by atoms with Crippen LogP contribution in [0, 0.1) is 0 Å². The summed E-state index contributed by atoms with van der Waals surface area (Å²) < 4.78 is 11.2. The standard InChI is InChI=1S/C15H28N2O4/c1-12-10-17(11-13(2)21-12)14(19)9-16-6-8-20-15(3,4)5-7-18/h7,12-13,16H,5-6,8-11H2,1-4H3. The predicted octanol–water partition coefficient (Wildman–Crippen LogP) is 0.596. The molecule has 0 aromatic rings. The Hall–Kier alpha value is -0.980. The molecular weight excluding hydrogens is 272 g/mol. The Bertz CT molecular complexity index is 337. The van der Waals surface area contributed by atoms with Crippen LogP contribution in [0.4, 0.5) is 0 Å². The number of hydrogen-bond donors (Lipinski definition) is 1. The van der Waals surface area contributed by atoms with E-state index in [0.29, 0.717) is 39.2 Å². The topological polar surface area (TPSA) is 67.9 Å². The largest absolute Gasteiger partial charge is 0.374 e. The van der Waals surface area contributed by atoms with Crippen molar-refractivity contribution in [3.05, 3.63) is 0 Å². The van der Waals surface area contributed by atoms with Crippen molar-refractivity contribution in [1.29, 1.82) is 0 Å². The molecule has 0 bridgehead atoms. The molecule has 0 aromatic heterocycles. The quantitative estimate of drug-likeness (QED) is 0.525. The first-order valence-corrected chi connectivity index (χ1v) is 7.55. The van der Waals surface area contributed by atoms with E-state index < -0.39 is 5.60 Å². The van der Waals surface area contributed by atoms with Gasteiger partial charge in [-0.1, -0.05) is 0 Å². The summed E-state index contributed by atoms with van der Waals surface area (Å²) in [6, 6.07) is 0. The molecule has 0 radical (unpaired) electrons. The molecule has 1 aliphatic rings. The fourth-order valence-electron chi connectivity index (χ4n) is 2.35. The fourth-order valence-corrected chi connectivity index (χ4v) is 2.35. The summed E-state index contributed by atoms with van der Waals surface area (Å²) in [6.45, 7) is 10.4. The molecule has 1 N–H and O–H groups in total. The number of nitrogens with zero attached hydrogens (tertiary/aromatic N) is 1. The molecule has 6 nitrogen and oxygen atoms in total. The van der Waals surface area contributed by atoms with Crippen LogP contribution in [0.2, 0.25) is 0 Å². The summed E-state index contributed by atoms with van der Waals surface area (Å²) in [5.74, 6) is 0.0872. The Balaban J connectivity index is 2.17. The second kappa shape index (κ2) is 8.46. The number of ether oxygens (including phenoxy) is 2. The minimum Gasteiger partial charge on any atom is -0.374 e.